The zero-order chi connectivity index (χ0) is 13.1. The molecule has 1 saturated heterocycles. The summed E-state index contributed by atoms with van der Waals surface area (Å²) in [5, 5.41) is 10.9. The second-order valence-electron chi connectivity index (χ2n) is 4.77. The number of fused-ring (bicyclic) bond motifs is 1. The van der Waals surface area contributed by atoms with Gasteiger partial charge >= 0.3 is 0 Å². The van der Waals surface area contributed by atoms with Crippen molar-refractivity contribution in [3.8, 4) is 0 Å². The molecule has 0 aromatic carbocycles. The van der Waals surface area contributed by atoms with Crippen molar-refractivity contribution in [2.45, 2.75) is 31.8 Å². The van der Waals surface area contributed by atoms with E-state index in [9.17, 15) is 0 Å². The molecule has 1 aliphatic heterocycles. The highest BCUT2D eigenvalue weighted by Crippen LogP contribution is 2.20. The Labute approximate surface area is 111 Å². The predicted octanol–water partition coefficient (Wildman–Crippen LogP) is 1.31. The van der Waals surface area contributed by atoms with Crippen LogP contribution in [-0.2, 0) is 4.74 Å². The van der Waals surface area contributed by atoms with Crippen LogP contribution in [0.15, 0.2) is 6.20 Å². The molecule has 1 unspecified atom stereocenters. The van der Waals surface area contributed by atoms with Gasteiger partial charge in [-0.1, -0.05) is 0 Å². The van der Waals surface area contributed by atoms with E-state index in [1.165, 1.54) is 12.8 Å². The maximum Gasteiger partial charge on any atom is 0.224 e. The first-order chi connectivity index (χ1) is 9.33. The predicted molar refractivity (Wildman–Crippen MR) is 72.8 cm³/mol. The molecule has 0 radical (unpaired) electrons. The Hall–Kier alpha value is -1.89. The van der Waals surface area contributed by atoms with E-state index >= 15 is 0 Å². The van der Waals surface area contributed by atoms with Crippen LogP contribution >= 0.6 is 0 Å². The lowest BCUT2D eigenvalue weighted by Crippen LogP contribution is -2.22. The molecular formula is C12H18N6O. The molecule has 3 heterocycles. The molecule has 102 valence electrons. The molecule has 4 N–H and O–H groups in total. The van der Waals surface area contributed by atoms with Crippen LogP contribution in [0.25, 0.3) is 11.0 Å². The fourth-order valence-corrected chi connectivity index (χ4v) is 2.37. The molecule has 1 fully saturated rings. The summed E-state index contributed by atoms with van der Waals surface area (Å²) in [6.07, 6.45) is 6.63. The average molecular weight is 262 g/mol. The van der Waals surface area contributed by atoms with Crippen molar-refractivity contribution in [2.75, 3.05) is 24.2 Å². The number of nitrogen functional groups attached to an aromatic ring is 1. The number of rotatable bonds is 4. The Kier molecular flexibility index (Phi) is 3.45. The number of aromatic amines is 1. The van der Waals surface area contributed by atoms with Crippen molar-refractivity contribution in [2.24, 2.45) is 0 Å². The van der Waals surface area contributed by atoms with Crippen molar-refractivity contribution in [3.05, 3.63) is 6.20 Å². The van der Waals surface area contributed by atoms with Gasteiger partial charge in [0.15, 0.2) is 5.65 Å². The maximum atomic E-state index is 5.70. The van der Waals surface area contributed by atoms with Crippen LogP contribution in [0, 0.1) is 0 Å². The summed E-state index contributed by atoms with van der Waals surface area (Å²) >= 11 is 0. The maximum absolute atomic E-state index is 5.70. The van der Waals surface area contributed by atoms with E-state index in [-0.39, 0.29) is 5.95 Å². The van der Waals surface area contributed by atoms with Crippen molar-refractivity contribution in [1.82, 2.24) is 20.2 Å². The highest BCUT2D eigenvalue weighted by Gasteiger charge is 2.14. The van der Waals surface area contributed by atoms with Gasteiger partial charge in [-0.3, -0.25) is 5.10 Å². The summed E-state index contributed by atoms with van der Waals surface area (Å²) < 4.78 is 5.70. The Morgan fingerprint density at radius 3 is 3.21 bits per heavy atom. The highest BCUT2D eigenvalue weighted by atomic mass is 16.5. The molecule has 0 bridgehead atoms. The van der Waals surface area contributed by atoms with Gasteiger partial charge in [0.25, 0.3) is 0 Å². The lowest BCUT2D eigenvalue weighted by atomic mass is 10.1. The van der Waals surface area contributed by atoms with E-state index < -0.39 is 0 Å². The minimum atomic E-state index is 0.244. The first-order valence-electron chi connectivity index (χ1n) is 6.65. The number of H-pyrrole nitrogens is 1. The van der Waals surface area contributed by atoms with E-state index in [1.54, 1.807) is 6.20 Å². The van der Waals surface area contributed by atoms with Crippen molar-refractivity contribution in [1.29, 1.82) is 0 Å². The molecule has 2 aromatic heterocycles. The molecule has 0 amide bonds. The molecule has 7 heteroatoms. The van der Waals surface area contributed by atoms with Crippen LogP contribution in [0.2, 0.25) is 0 Å². The first-order valence-corrected chi connectivity index (χ1v) is 6.65. The standard InChI is InChI=1S/C12H18N6O/c13-12-16-10(9-7-15-18-11(9)17-12)14-5-4-8-3-1-2-6-19-8/h7-8H,1-6H2,(H4,13,14,15,16,17,18). The van der Waals surface area contributed by atoms with Gasteiger partial charge in [-0.05, 0) is 25.7 Å². The first kappa shape index (κ1) is 12.2. The van der Waals surface area contributed by atoms with Gasteiger partial charge in [0.1, 0.15) is 5.82 Å². The van der Waals surface area contributed by atoms with Gasteiger partial charge < -0.3 is 15.8 Å². The molecule has 2 aromatic rings. The van der Waals surface area contributed by atoms with Crippen LogP contribution in [0.1, 0.15) is 25.7 Å². The molecule has 19 heavy (non-hydrogen) atoms. The smallest absolute Gasteiger partial charge is 0.224 e. The minimum absolute atomic E-state index is 0.244. The Balaban J connectivity index is 1.63. The molecule has 0 aliphatic carbocycles. The van der Waals surface area contributed by atoms with Crippen LogP contribution in [0.5, 0.6) is 0 Å². The summed E-state index contributed by atoms with van der Waals surface area (Å²) in [5.74, 6) is 0.972. The second-order valence-corrected chi connectivity index (χ2v) is 4.77. The lowest BCUT2D eigenvalue weighted by molar-refractivity contribution is 0.0134. The third-order valence-corrected chi connectivity index (χ3v) is 3.36. The minimum Gasteiger partial charge on any atom is -0.378 e. The van der Waals surface area contributed by atoms with E-state index in [0.29, 0.717) is 11.8 Å². The third-order valence-electron chi connectivity index (χ3n) is 3.36. The van der Waals surface area contributed by atoms with Gasteiger partial charge in [-0.2, -0.15) is 15.1 Å². The van der Waals surface area contributed by atoms with Crippen LogP contribution in [0.3, 0.4) is 0 Å². The molecule has 1 atom stereocenters. The Morgan fingerprint density at radius 1 is 1.42 bits per heavy atom. The normalized spacial score (nSPS) is 19.7. The number of nitrogens with one attached hydrogen (secondary N) is 2. The summed E-state index contributed by atoms with van der Waals surface area (Å²) in [5.41, 5.74) is 6.32. The Bertz CT molecular complexity index is 548. The third kappa shape index (κ3) is 2.76. The van der Waals surface area contributed by atoms with Gasteiger partial charge in [-0.15, -0.1) is 0 Å². The van der Waals surface area contributed by atoms with Crippen LogP contribution < -0.4 is 11.1 Å². The quantitative estimate of drug-likeness (QED) is 0.767. The second kappa shape index (κ2) is 5.40. The van der Waals surface area contributed by atoms with Gasteiger partial charge in [0.05, 0.1) is 17.7 Å². The number of hydrogen-bond acceptors (Lipinski definition) is 6. The lowest BCUT2D eigenvalue weighted by Gasteiger charge is -2.22. The van der Waals surface area contributed by atoms with E-state index in [1.807, 2.05) is 0 Å². The highest BCUT2D eigenvalue weighted by molar-refractivity contribution is 5.86. The fourth-order valence-electron chi connectivity index (χ4n) is 2.37. The van der Waals surface area contributed by atoms with E-state index in [4.69, 9.17) is 10.5 Å². The monoisotopic (exact) mass is 262 g/mol. The number of aromatic nitrogens is 4. The van der Waals surface area contributed by atoms with Crippen molar-refractivity contribution in [3.63, 3.8) is 0 Å². The number of hydrogen-bond donors (Lipinski definition) is 3. The molecular weight excluding hydrogens is 244 g/mol. The molecule has 1 aliphatic rings. The van der Waals surface area contributed by atoms with Gasteiger partial charge in [0.2, 0.25) is 5.95 Å². The van der Waals surface area contributed by atoms with Crippen LogP contribution in [-0.4, -0.2) is 39.4 Å². The Morgan fingerprint density at radius 2 is 2.37 bits per heavy atom. The SMILES string of the molecule is Nc1nc(NCCC2CCCCO2)c2cn[nH]c2n1. The largest absolute Gasteiger partial charge is 0.378 e. The van der Waals surface area contributed by atoms with Crippen molar-refractivity contribution >= 4 is 22.8 Å². The topological polar surface area (TPSA) is 102 Å². The van der Waals surface area contributed by atoms with Crippen molar-refractivity contribution < 1.29 is 4.74 Å². The fraction of sp³-hybridized carbons (Fsp3) is 0.583. The number of anilines is 2. The van der Waals surface area contributed by atoms with E-state index in [0.717, 1.165) is 37.2 Å². The summed E-state index contributed by atoms with van der Waals surface area (Å²) in [7, 11) is 0. The van der Waals surface area contributed by atoms with E-state index in [2.05, 4.69) is 25.5 Å². The summed E-state index contributed by atoms with van der Waals surface area (Å²) in [6, 6.07) is 0. The number of nitrogens with two attached hydrogens (primary N) is 1. The molecule has 3 rings (SSSR count). The summed E-state index contributed by atoms with van der Waals surface area (Å²) in [6.45, 7) is 1.69. The van der Waals surface area contributed by atoms with Gasteiger partial charge in [-0.25, -0.2) is 0 Å². The number of nitrogens with zero attached hydrogens (tertiary/aromatic N) is 3. The zero-order valence-electron chi connectivity index (χ0n) is 10.7. The van der Waals surface area contributed by atoms with Crippen LogP contribution in [0.4, 0.5) is 11.8 Å². The number of ether oxygens (including phenoxy) is 1. The summed E-state index contributed by atoms with van der Waals surface area (Å²) in [4.78, 5) is 8.29. The molecule has 7 nitrogen and oxygen atoms in total. The molecule has 0 spiro atoms. The average Bonchev–Trinajstić information content (AvgIpc) is 2.88. The van der Waals surface area contributed by atoms with Gasteiger partial charge in [0, 0.05) is 13.2 Å². The molecule has 0 saturated carbocycles. The zero-order valence-corrected chi connectivity index (χ0v) is 10.7.